The third kappa shape index (κ3) is 15.5. The number of carbonyl (C=O) groups is 1. The normalized spacial score (nSPS) is 14.8. The minimum atomic E-state index is -0.711. The SMILES string of the molecule is C1CCCCC1.CCCC(=O)O.[Ca+2].[H-].[H-]. The molecule has 0 radical (unpaired) electrons. The van der Waals surface area contributed by atoms with Crippen LogP contribution >= 0.6 is 0 Å². The smallest absolute Gasteiger partial charge is 1.00 e. The summed E-state index contributed by atoms with van der Waals surface area (Å²) < 4.78 is 0. The van der Waals surface area contributed by atoms with Crippen molar-refractivity contribution in [1.82, 2.24) is 0 Å². The van der Waals surface area contributed by atoms with Crippen molar-refractivity contribution < 1.29 is 12.8 Å². The molecule has 0 spiro atoms. The van der Waals surface area contributed by atoms with Crippen LogP contribution in [0.1, 0.15) is 61.1 Å². The van der Waals surface area contributed by atoms with Crippen LogP contribution in [0.5, 0.6) is 0 Å². The summed E-state index contributed by atoms with van der Waals surface area (Å²) in [6.45, 7) is 1.84. The van der Waals surface area contributed by atoms with Gasteiger partial charge < -0.3 is 7.96 Å². The van der Waals surface area contributed by atoms with Gasteiger partial charge in [0.1, 0.15) is 0 Å². The van der Waals surface area contributed by atoms with Crippen LogP contribution in [0, 0.1) is 0 Å². The van der Waals surface area contributed by atoms with Gasteiger partial charge in [0.05, 0.1) is 0 Å². The molecule has 3 heteroatoms. The van der Waals surface area contributed by atoms with Crippen LogP contribution in [-0.4, -0.2) is 48.8 Å². The van der Waals surface area contributed by atoms with Crippen LogP contribution in [0.15, 0.2) is 0 Å². The Labute approximate surface area is 114 Å². The quantitative estimate of drug-likeness (QED) is 0.717. The molecular weight excluding hydrogens is 192 g/mol. The zero-order valence-electron chi connectivity index (χ0n) is 10.7. The van der Waals surface area contributed by atoms with Gasteiger partial charge >= 0.3 is 43.7 Å². The predicted molar refractivity (Wildman–Crippen MR) is 58.2 cm³/mol. The Morgan fingerprint density at radius 2 is 1.46 bits per heavy atom. The minimum Gasteiger partial charge on any atom is -1.00 e. The molecule has 2 nitrogen and oxygen atoms in total. The van der Waals surface area contributed by atoms with E-state index < -0.39 is 5.97 Å². The molecule has 0 atom stereocenters. The molecule has 76 valence electrons. The Bertz CT molecular complexity index is 108. The maximum absolute atomic E-state index is 9.60. The van der Waals surface area contributed by atoms with Crippen LogP contribution in [0.2, 0.25) is 0 Å². The fourth-order valence-corrected chi connectivity index (χ4v) is 1.27. The van der Waals surface area contributed by atoms with Crippen LogP contribution in [0.25, 0.3) is 0 Å². The maximum Gasteiger partial charge on any atom is 2.00 e. The van der Waals surface area contributed by atoms with Crippen LogP contribution < -0.4 is 0 Å². The van der Waals surface area contributed by atoms with Gasteiger partial charge in [0.2, 0.25) is 0 Å². The van der Waals surface area contributed by atoms with E-state index in [4.69, 9.17) is 5.11 Å². The molecule has 0 saturated heterocycles. The molecule has 0 amide bonds. The fourth-order valence-electron chi connectivity index (χ4n) is 1.27. The molecule has 0 unspecified atom stereocenters. The van der Waals surface area contributed by atoms with E-state index in [1.54, 1.807) is 0 Å². The van der Waals surface area contributed by atoms with E-state index in [2.05, 4.69) is 0 Å². The van der Waals surface area contributed by atoms with E-state index in [-0.39, 0.29) is 40.6 Å². The van der Waals surface area contributed by atoms with Gasteiger partial charge in [-0.2, -0.15) is 0 Å². The topological polar surface area (TPSA) is 37.3 Å². The van der Waals surface area contributed by atoms with Crippen molar-refractivity contribution in [3.05, 3.63) is 0 Å². The van der Waals surface area contributed by atoms with E-state index in [0.29, 0.717) is 6.42 Å². The Balaban J connectivity index is -0.0000000672. The van der Waals surface area contributed by atoms with Crippen molar-refractivity contribution in [1.29, 1.82) is 0 Å². The van der Waals surface area contributed by atoms with E-state index >= 15 is 0 Å². The zero-order valence-corrected chi connectivity index (χ0v) is 10.9. The van der Waals surface area contributed by atoms with Gasteiger partial charge in [0.25, 0.3) is 0 Å². The number of rotatable bonds is 2. The first kappa shape index (κ1) is 16.2. The Morgan fingerprint density at radius 3 is 1.54 bits per heavy atom. The van der Waals surface area contributed by atoms with Crippen LogP contribution in [-0.2, 0) is 4.79 Å². The van der Waals surface area contributed by atoms with E-state index in [1.807, 2.05) is 6.92 Å². The van der Waals surface area contributed by atoms with Crippen LogP contribution in [0.4, 0.5) is 0 Å². The van der Waals surface area contributed by atoms with Gasteiger partial charge in [-0.1, -0.05) is 45.4 Å². The molecule has 0 aromatic rings. The monoisotopic (exact) mass is 214 g/mol. The summed E-state index contributed by atoms with van der Waals surface area (Å²) in [6.07, 6.45) is 10.0. The molecule has 0 heterocycles. The molecule has 13 heavy (non-hydrogen) atoms. The number of hydrogen-bond acceptors (Lipinski definition) is 1. The Morgan fingerprint density at radius 1 is 1.15 bits per heavy atom. The molecule has 1 saturated carbocycles. The summed E-state index contributed by atoms with van der Waals surface area (Å²) in [7, 11) is 0. The van der Waals surface area contributed by atoms with Crippen molar-refractivity contribution in [2.75, 3.05) is 0 Å². The van der Waals surface area contributed by atoms with Crippen molar-refractivity contribution in [2.24, 2.45) is 0 Å². The number of carboxylic acids is 1. The average Bonchev–Trinajstić information content (AvgIpc) is 2.08. The third-order valence-corrected chi connectivity index (χ3v) is 1.96. The van der Waals surface area contributed by atoms with Gasteiger partial charge in [0.15, 0.2) is 0 Å². The molecule has 0 aliphatic heterocycles. The molecule has 0 bridgehead atoms. The minimum absolute atomic E-state index is 0. The summed E-state index contributed by atoms with van der Waals surface area (Å²) in [6, 6.07) is 0. The standard InChI is InChI=1S/C6H12.C4H8O2.Ca.2H/c1-2-4-6-5-3-1;1-2-3-4(5)6;;;/h1-6H2;2-3H2,1H3,(H,5,6);;;/q;;+2;2*-1. The van der Waals surface area contributed by atoms with Crippen LogP contribution in [0.3, 0.4) is 0 Å². The third-order valence-electron chi connectivity index (χ3n) is 1.96. The van der Waals surface area contributed by atoms with Crippen molar-refractivity contribution in [3.63, 3.8) is 0 Å². The molecule has 1 fully saturated rings. The second kappa shape index (κ2) is 12.7. The van der Waals surface area contributed by atoms with Crippen molar-refractivity contribution in [3.8, 4) is 0 Å². The van der Waals surface area contributed by atoms with Crippen molar-refractivity contribution >= 4 is 43.7 Å². The molecule has 0 aromatic carbocycles. The predicted octanol–water partition coefficient (Wildman–Crippen LogP) is 3.06. The van der Waals surface area contributed by atoms with Gasteiger partial charge in [-0.15, -0.1) is 0 Å². The van der Waals surface area contributed by atoms with Gasteiger partial charge in [0, 0.05) is 6.42 Å². The zero-order chi connectivity index (χ0) is 9.23. The number of carboxylic acid groups (broad SMARTS) is 1. The number of aliphatic carboxylic acids is 1. The summed E-state index contributed by atoms with van der Waals surface area (Å²) in [5, 5.41) is 7.91. The number of hydrogen-bond donors (Lipinski definition) is 1. The molecule has 0 aromatic heterocycles. The molecule has 1 aliphatic carbocycles. The Hall–Kier alpha value is 0.730. The molecule has 1 aliphatic rings. The maximum atomic E-state index is 9.60. The average molecular weight is 214 g/mol. The molecule has 1 rings (SSSR count). The van der Waals surface area contributed by atoms with Gasteiger partial charge in [-0.25, -0.2) is 0 Å². The first-order chi connectivity index (χ1) is 5.77. The first-order valence-electron chi connectivity index (χ1n) is 4.99. The fraction of sp³-hybridized carbons (Fsp3) is 0.900. The molecular formula is C10H22CaO2. The summed E-state index contributed by atoms with van der Waals surface area (Å²) in [4.78, 5) is 9.60. The summed E-state index contributed by atoms with van der Waals surface area (Å²) >= 11 is 0. The van der Waals surface area contributed by atoms with Gasteiger partial charge in [-0.3, -0.25) is 4.79 Å². The summed E-state index contributed by atoms with van der Waals surface area (Å²) in [5.74, 6) is -0.711. The Kier molecular flexibility index (Phi) is 15.8. The second-order valence-electron chi connectivity index (χ2n) is 3.27. The largest absolute Gasteiger partial charge is 2.00 e. The summed E-state index contributed by atoms with van der Waals surface area (Å²) in [5.41, 5.74) is 0. The van der Waals surface area contributed by atoms with Gasteiger partial charge in [-0.05, 0) is 6.42 Å². The van der Waals surface area contributed by atoms with E-state index in [9.17, 15) is 4.79 Å². The second-order valence-corrected chi connectivity index (χ2v) is 3.27. The van der Waals surface area contributed by atoms with E-state index in [0.717, 1.165) is 6.42 Å². The molecule has 1 N–H and O–H groups in total. The van der Waals surface area contributed by atoms with Crippen molar-refractivity contribution in [2.45, 2.75) is 58.3 Å². The van der Waals surface area contributed by atoms with E-state index in [1.165, 1.54) is 38.5 Å². The first-order valence-corrected chi connectivity index (χ1v) is 4.99.